The number of anilines is 1. The number of nitrogens with zero attached hydrogens (tertiary/aromatic N) is 2. The number of hydrogen-bond acceptors (Lipinski definition) is 2. The molecule has 116 valence electrons. The van der Waals surface area contributed by atoms with Crippen molar-refractivity contribution in [3.05, 3.63) is 71.0 Å². The maximum Gasteiger partial charge on any atom is 0.275 e. The van der Waals surface area contributed by atoms with E-state index in [-0.39, 0.29) is 5.91 Å². The number of para-hydroxylation sites is 1. The highest BCUT2D eigenvalue weighted by atomic mass is 79.9. The summed E-state index contributed by atoms with van der Waals surface area (Å²) in [6.45, 7) is 2.59. The number of halogens is 1. The number of amides is 1. The topological polar surface area (TPSA) is 46.9 Å². The van der Waals surface area contributed by atoms with Gasteiger partial charge in [0, 0.05) is 17.8 Å². The molecule has 0 bridgehead atoms. The molecule has 0 fully saturated rings. The highest BCUT2D eigenvalue weighted by Gasteiger charge is 2.17. The van der Waals surface area contributed by atoms with Gasteiger partial charge in [-0.05, 0) is 34.5 Å². The molecular weight excluding hydrogens is 354 g/mol. The molecule has 0 saturated heterocycles. The Bertz CT molecular complexity index is 827. The number of nitrogens with one attached hydrogen (secondary N) is 1. The molecule has 0 aliphatic rings. The van der Waals surface area contributed by atoms with Crippen LogP contribution in [0.2, 0.25) is 0 Å². The van der Waals surface area contributed by atoms with Crippen LogP contribution in [0, 0.1) is 0 Å². The fraction of sp³-hybridized carbons (Fsp3) is 0.111. The fourth-order valence-electron chi connectivity index (χ4n) is 2.47. The number of carbonyl (C=O) groups is 1. The van der Waals surface area contributed by atoms with E-state index in [1.165, 1.54) is 0 Å². The van der Waals surface area contributed by atoms with E-state index in [1.807, 2.05) is 61.5 Å². The second-order valence-electron chi connectivity index (χ2n) is 5.02. The highest BCUT2D eigenvalue weighted by molar-refractivity contribution is 9.10. The summed E-state index contributed by atoms with van der Waals surface area (Å²) < 4.78 is 2.36. The predicted molar refractivity (Wildman–Crippen MR) is 95.4 cm³/mol. The molecule has 0 spiro atoms. The first-order chi connectivity index (χ1) is 11.2. The summed E-state index contributed by atoms with van der Waals surface area (Å²) >= 11 is 3.39. The van der Waals surface area contributed by atoms with Crippen LogP contribution in [-0.4, -0.2) is 15.7 Å². The van der Waals surface area contributed by atoms with Gasteiger partial charge in [0.25, 0.3) is 5.91 Å². The summed E-state index contributed by atoms with van der Waals surface area (Å²) in [5.41, 5.74) is 3.35. The zero-order valence-electron chi connectivity index (χ0n) is 12.7. The minimum absolute atomic E-state index is 0.181. The number of benzene rings is 2. The van der Waals surface area contributed by atoms with Crippen LogP contribution in [0.15, 0.2) is 65.3 Å². The molecule has 3 rings (SSSR count). The van der Waals surface area contributed by atoms with Crippen LogP contribution in [0.4, 0.5) is 5.69 Å². The third kappa shape index (κ3) is 3.19. The van der Waals surface area contributed by atoms with Crippen LogP contribution in [0.25, 0.3) is 11.1 Å². The average Bonchev–Trinajstić information content (AvgIpc) is 2.97. The molecule has 1 N–H and O–H groups in total. The molecule has 0 aliphatic heterocycles. The fourth-order valence-corrected chi connectivity index (χ4v) is 2.95. The van der Waals surface area contributed by atoms with Gasteiger partial charge in [-0.25, -0.2) is 0 Å². The van der Waals surface area contributed by atoms with Crippen molar-refractivity contribution in [2.45, 2.75) is 13.5 Å². The standard InChI is InChI=1S/C18H16BrN3O/c1-2-22-17(15(19)12-20-22)18(23)21-16-11-7-6-10-14(16)13-8-4-3-5-9-13/h3-12H,2H2,1H3,(H,21,23). The lowest BCUT2D eigenvalue weighted by molar-refractivity contribution is 0.101. The van der Waals surface area contributed by atoms with E-state index >= 15 is 0 Å². The van der Waals surface area contributed by atoms with Crippen LogP contribution < -0.4 is 5.32 Å². The van der Waals surface area contributed by atoms with Gasteiger partial charge in [0.2, 0.25) is 0 Å². The summed E-state index contributed by atoms with van der Waals surface area (Å²) in [7, 11) is 0. The summed E-state index contributed by atoms with van der Waals surface area (Å²) in [4.78, 5) is 12.7. The zero-order valence-corrected chi connectivity index (χ0v) is 14.2. The van der Waals surface area contributed by atoms with Gasteiger partial charge in [-0.3, -0.25) is 9.48 Å². The Hall–Kier alpha value is -2.40. The van der Waals surface area contributed by atoms with Gasteiger partial charge in [0.05, 0.1) is 10.7 Å². The Kier molecular flexibility index (Phi) is 4.57. The van der Waals surface area contributed by atoms with Crippen LogP contribution in [0.1, 0.15) is 17.4 Å². The van der Waals surface area contributed by atoms with Gasteiger partial charge in [0.1, 0.15) is 5.69 Å². The Morgan fingerprint density at radius 1 is 1.13 bits per heavy atom. The highest BCUT2D eigenvalue weighted by Crippen LogP contribution is 2.28. The molecule has 2 aromatic carbocycles. The van der Waals surface area contributed by atoms with Crippen molar-refractivity contribution in [1.82, 2.24) is 9.78 Å². The van der Waals surface area contributed by atoms with Gasteiger partial charge in [-0.1, -0.05) is 48.5 Å². The van der Waals surface area contributed by atoms with E-state index in [4.69, 9.17) is 0 Å². The molecule has 1 aromatic heterocycles. The van der Waals surface area contributed by atoms with Gasteiger partial charge >= 0.3 is 0 Å². The van der Waals surface area contributed by atoms with Crippen LogP contribution in [0.5, 0.6) is 0 Å². The minimum atomic E-state index is -0.181. The molecule has 1 heterocycles. The van der Waals surface area contributed by atoms with Gasteiger partial charge in [0.15, 0.2) is 0 Å². The summed E-state index contributed by atoms with van der Waals surface area (Å²) in [5.74, 6) is -0.181. The van der Waals surface area contributed by atoms with E-state index in [1.54, 1.807) is 10.9 Å². The number of aryl methyl sites for hydroxylation is 1. The summed E-state index contributed by atoms with van der Waals surface area (Å²) in [6, 6.07) is 17.8. The quantitative estimate of drug-likeness (QED) is 0.731. The normalized spacial score (nSPS) is 10.5. The lowest BCUT2D eigenvalue weighted by atomic mass is 10.0. The maximum absolute atomic E-state index is 12.7. The molecular formula is C18H16BrN3O. The first kappa shape index (κ1) is 15.5. The molecule has 0 radical (unpaired) electrons. The van der Waals surface area contributed by atoms with Crippen LogP contribution in [0.3, 0.4) is 0 Å². The van der Waals surface area contributed by atoms with Crippen LogP contribution in [-0.2, 0) is 6.54 Å². The molecule has 0 aliphatic carbocycles. The SMILES string of the molecule is CCn1ncc(Br)c1C(=O)Nc1ccccc1-c1ccccc1. The van der Waals surface area contributed by atoms with E-state index < -0.39 is 0 Å². The molecule has 0 saturated carbocycles. The van der Waals surface area contributed by atoms with E-state index in [9.17, 15) is 4.79 Å². The van der Waals surface area contributed by atoms with Crippen molar-refractivity contribution < 1.29 is 4.79 Å². The molecule has 5 heteroatoms. The molecule has 23 heavy (non-hydrogen) atoms. The number of carbonyl (C=O) groups excluding carboxylic acids is 1. The average molecular weight is 370 g/mol. The second kappa shape index (κ2) is 6.79. The van der Waals surface area contributed by atoms with Gasteiger partial charge in [-0.2, -0.15) is 5.10 Å². The van der Waals surface area contributed by atoms with Crippen LogP contribution >= 0.6 is 15.9 Å². The summed E-state index contributed by atoms with van der Waals surface area (Å²) in [5, 5.41) is 7.18. The third-order valence-electron chi connectivity index (χ3n) is 3.57. The van der Waals surface area contributed by atoms with Crippen molar-refractivity contribution in [1.29, 1.82) is 0 Å². The molecule has 3 aromatic rings. The number of rotatable bonds is 4. The van der Waals surface area contributed by atoms with Crippen molar-refractivity contribution in [3.8, 4) is 11.1 Å². The Labute approximate surface area is 143 Å². The van der Waals surface area contributed by atoms with E-state index in [0.29, 0.717) is 16.7 Å². The Morgan fingerprint density at radius 3 is 2.57 bits per heavy atom. The van der Waals surface area contributed by atoms with E-state index in [0.717, 1.165) is 16.8 Å². The summed E-state index contributed by atoms with van der Waals surface area (Å²) in [6.07, 6.45) is 1.64. The minimum Gasteiger partial charge on any atom is -0.320 e. The van der Waals surface area contributed by atoms with Gasteiger partial charge in [-0.15, -0.1) is 0 Å². The lowest BCUT2D eigenvalue weighted by Gasteiger charge is -2.12. The first-order valence-corrected chi connectivity index (χ1v) is 8.17. The molecule has 1 amide bonds. The third-order valence-corrected chi connectivity index (χ3v) is 4.15. The number of aromatic nitrogens is 2. The monoisotopic (exact) mass is 369 g/mol. The lowest BCUT2D eigenvalue weighted by Crippen LogP contribution is -2.18. The first-order valence-electron chi connectivity index (χ1n) is 7.37. The number of hydrogen-bond donors (Lipinski definition) is 1. The molecule has 0 atom stereocenters. The smallest absolute Gasteiger partial charge is 0.275 e. The van der Waals surface area contributed by atoms with Crippen molar-refractivity contribution in [2.75, 3.05) is 5.32 Å². The van der Waals surface area contributed by atoms with Crippen molar-refractivity contribution in [3.63, 3.8) is 0 Å². The molecule has 4 nitrogen and oxygen atoms in total. The van der Waals surface area contributed by atoms with E-state index in [2.05, 4.69) is 26.3 Å². The molecule has 0 unspecified atom stereocenters. The van der Waals surface area contributed by atoms with Gasteiger partial charge < -0.3 is 5.32 Å². The Morgan fingerprint density at radius 2 is 1.83 bits per heavy atom. The maximum atomic E-state index is 12.7. The zero-order chi connectivity index (χ0) is 16.2. The van der Waals surface area contributed by atoms with Crippen molar-refractivity contribution in [2.24, 2.45) is 0 Å². The Balaban J connectivity index is 1.95. The largest absolute Gasteiger partial charge is 0.320 e. The van der Waals surface area contributed by atoms with Crippen molar-refractivity contribution >= 4 is 27.5 Å². The second-order valence-corrected chi connectivity index (χ2v) is 5.88. The predicted octanol–water partition coefficient (Wildman–Crippen LogP) is 4.58.